The van der Waals surface area contributed by atoms with Crippen LogP contribution in [0.3, 0.4) is 0 Å². The van der Waals surface area contributed by atoms with Crippen molar-refractivity contribution in [2.75, 3.05) is 39.3 Å². The molecule has 0 radical (unpaired) electrons. The average molecular weight is 467 g/mol. The lowest BCUT2D eigenvalue weighted by atomic mass is 10.2. The van der Waals surface area contributed by atoms with Crippen LogP contribution in [-0.4, -0.2) is 67.7 Å². The highest BCUT2D eigenvalue weighted by Gasteiger charge is 2.28. The third-order valence-electron chi connectivity index (χ3n) is 5.11. The summed E-state index contributed by atoms with van der Waals surface area (Å²) in [5, 5.41) is 13.7. The molecule has 2 aromatic carbocycles. The smallest absolute Gasteiger partial charge is 0.270 e. The molecule has 1 fully saturated rings. The first-order valence-electron chi connectivity index (χ1n) is 9.70. The molecule has 1 amide bonds. The van der Waals surface area contributed by atoms with E-state index in [1.54, 1.807) is 24.3 Å². The molecule has 1 N–H and O–H groups in total. The van der Waals surface area contributed by atoms with Crippen LogP contribution in [0.4, 0.5) is 5.69 Å². The van der Waals surface area contributed by atoms with Crippen molar-refractivity contribution in [1.82, 2.24) is 14.5 Å². The van der Waals surface area contributed by atoms with Crippen molar-refractivity contribution in [3.63, 3.8) is 0 Å². The van der Waals surface area contributed by atoms with Crippen LogP contribution in [0.1, 0.15) is 15.9 Å². The number of nitro groups is 1. The van der Waals surface area contributed by atoms with Crippen LogP contribution in [0, 0.1) is 17.0 Å². The van der Waals surface area contributed by atoms with Crippen LogP contribution in [0.15, 0.2) is 47.4 Å². The van der Waals surface area contributed by atoms with Crippen LogP contribution < -0.4 is 5.32 Å². The number of amides is 1. The lowest BCUT2D eigenvalue weighted by Crippen LogP contribution is -2.50. The van der Waals surface area contributed by atoms with Crippen LogP contribution in [-0.2, 0) is 10.0 Å². The second-order valence-corrected chi connectivity index (χ2v) is 9.58. The number of nitrogens with one attached hydrogen (secondary N) is 1. The van der Waals surface area contributed by atoms with Gasteiger partial charge < -0.3 is 5.32 Å². The minimum atomic E-state index is -3.52. The van der Waals surface area contributed by atoms with Gasteiger partial charge in [0, 0.05) is 51.4 Å². The van der Waals surface area contributed by atoms with Crippen molar-refractivity contribution in [2.24, 2.45) is 0 Å². The monoisotopic (exact) mass is 466 g/mol. The van der Waals surface area contributed by atoms with Gasteiger partial charge in [-0.3, -0.25) is 19.8 Å². The molecule has 3 rings (SSSR count). The lowest BCUT2D eigenvalue weighted by Gasteiger charge is -2.34. The summed E-state index contributed by atoms with van der Waals surface area (Å²) in [5.41, 5.74) is 0.836. The Hall–Kier alpha value is -2.53. The van der Waals surface area contributed by atoms with Crippen molar-refractivity contribution < 1.29 is 18.1 Å². The molecule has 0 bridgehead atoms. The molecule has 11 heteroatoms. The number of benzene rings is 2. The minimum absolute atomic E-state index is 0.0462. The van der Waals surface area contributed by atoms with Gasteiger partial charge >= 0.3 is 0 Å². The first kappa shape index (κ1) is 23.1. The quantitative estimate of drug-likeness (QED) is 0.494. The summed E-state index contributed by atoms with van der Waals surface area (Å²) >= 11 is 5.99. The maximum absolute atomic E-state index is 12.8. The van der Waals surface area contributed by atoms with E-state index in [1.807, 2.05) is 6.92 Å². The van der Waals surface area contributed by atoms with E-state index in [4.69, 9.17) is 11.6 Å². The van der Waals surface area contributed by atoms with Gasteiger partial charge in [-0.2, -0.15) is 4.31 Å². The summed E-state index contributed by atoms with van der Waals surface area (Å²) in [4.78, 5) is 25.0. The first-order chi connectivity index (χ1) is 14.7. The highest BCUT2D eigenvalue weighted by Crippen LogP contribution is 2.22. The molecule has 0 aromatic heterocycles. The maximum Gasteiger partial charge on any atom is 0.270 e. The van der Waals surface area contributed by atoms with Crippen molar-refractivity contribution in [1.29, 1.82) is 0 Å². The van der Waals surface area contributed by atoms with Gasteiger partial charge in [-0.1, -0.05) is 29.3 Å². The fourth-order valence-corrected chi connectivity index (χ4v) is 4.90. The fraction of sp³-hybridized carbons (Fsp3) is 0.350. The molecular formula is C20H23ClN4O5S. The molecule has 0 unspecified atom stereocenters. The largest absolute Gasteiger partial charge is 0.351 e. The Labute approximate surface area is 185 Å². The van der Waals surface area contributed by atoms with E-state index in [0.29, 0.717) is 39.3 Å². The summed E-state index contributed by atoms with van der Waals surface area (Å²) < 4.78 is 27.0. The number of sulfonamides is 1. The van der Waals surface area contributed by atoms with E-state index in [9.17, 15) is 23.3 Å². The van der Waals surface area contributed by atoms with Crippen molar-refractivity contribution in [3.8, 4) is 0 Å². The van der Waals surface area contributed by atoms with Gasteiger partial charge in [-0.05, 0) is 25.1 Å². The van der Waals surface area contributed by atoms with Gasteiger partial charge in [-0.25, -0.2) is 8.42 Å². The molecule has 1 heterocycles. The Morgan fingerprint density at radius 2 is 1.77 bits per heavy atom. The first-order valence-corrected chi connectivity index (χ1v) is 11.5. The molecule has 2 aromatic rings. The van der Waals surface area contributed by atoms with Crippen LogP contribution >= 0.6 is 11.6 Å². The normalized spacial score (nSPS) is 15.5. The van der Waals surface area contributed by atoms with E-state index < -0.39 is 20.9 Å². The predicted molar refractivity (Wildman–Crippen MR) is 117 cm³/mol. The number of rotatable bonds is 7. The van der Waals surface area contributed by atoms with E-state index >= 15 is 0 Å². The highest BCUT2D eigenvalue weighted by molar-refractivity contribution is 7.89. The molecule has 0 atom stereocenters. The van der Waals surface area contributed by atoms with E-state index in [2.05, 4.69) is 10.2 Å². The zero-order chi connectivity index (χ0) is 22.6. The summed E-state index contributed by atoms with van der Waals surface area (Å²) in [6.07, 6.45) is 0. The van der Waals surface area contributed by atoms with Gasteiger partial charge in [0.25, 0.3) is 11.6 Å². The summed E-state index contributed by atoms with van der Waals surface area (Å²) in [6, 6.07) is 10.5. The van der Waals surface area contributed by atoms with Gasteiger partial charge in [0.1, 0.15) is 0 Å². The van der Waals surface area contributed by atoms with Crippen molar-refractivity contribution >= 4 is 33.2 Å². The zero-order valence-corrected chi connectivity index (χ0v) is 18.5. The third kappa shape index (κ3) is 5.59. The number of halogens is 1. The Balaban J connectivity index is 1.50. The van der Waals surface area contributed by atoms with Gasteiger partial charge in [0.2, 0.25) is 10.0 Å². The molecule has 31 heavy (non-hydrogen) atoms. The molecule has 1 aliphatic rings. The van der Waals surface area contributed by atoms with Gasteiger partial charge in [0.15, 0.2) is 0 Å². The molecule has 9 nitrogen and oxygen atoms in total. The summed E-state index contributed by atoms with van der Waals surface area (Å²) in [5.74, 6) is -0.491. The summed E-state index contributed by atoms with van der Waals surface area (Å²) in [7, 11) is -3.52. The highest BCUT2D eigenvalue weighted by atomic mass is 35.5. The van der Waals surface area contributed by atoms with Crippen molar-refractivity contribution in [3.05, 3.63) is 68.7 Å². The molecule has 166 valence electrons. The predicted octanol–water partition coefficient (Wildman–Crippen LogP) is 2.29. The topological polar surface area (TPSA) is 113 Å². The number of carbonyl (C=O) groups is 1. The number of hydrogen-bond donors (Lipinski definition) is 1. The third-order valence-corrected chi connectivity index (χ3v) is 7.35. The van der Waals surface area contributed by atoms with Crippen molar-refractivity contribution in [2.45, 2.75) is 11.8 Å². The molecule has 1 aliphatic heterocycles. The Morgan fingerprint density at radius 3 is 2.39 bits per heavy atom. The number of nitrogens with zero attached hydrogens (tertiary/aromatic N) is 3. The van der Waals surface area contributed by atoms with E-state index in [0.717, 1.165) is 11.6 Å². The number of nitro benzene ring substituents is 1. The number of carbonyl (C=O) groups excluding carboxylic acids is 1. The minimum Gasteiger partial charge on any atom is -0.351 e. The van der Waals surface area contributed by atoms with Gasteiger partial charge in [0.05, 0.1) is 20.4 Å². The molecule has 0 saturated carbocycles. The lowest BCUT2D eigenvalue weighted by molar-refractivity contribution is -0.384. The number of non-ortho nitro benzene ring substituents is 1. The number of piperazine rings is 1. The van der Waals surface area contributed by atoms with Crippen LogP contribution in [0.5, 0.6) is 0 Å². The number of hydrogen-bond acceptors (Lipinski definition) is 6. The fourth-order valence-electron chi connectivity index (χ4n) is 3.28. The van der Waals surface area contributed by atoms with Crippen LogP contribution in [0.2, 0.25) is 5.02 Å². The van der Waals surface area contributed by atoms with E-state index in [-0.39, 0.29) is 21.2 Å². The Morgan fingerprint density at radius 1 is 1.13 bits per heavy atom. The van der Waals surface area contributed by atoms with Crippen LogP contribution in [0.25, 0.3) is 0 Å². The number of aryl methyl sites for hydroxylation is 1. The maximum atomic E-state index is 12.8. The SMILES string of the molecule is Cc1ccc(S(=O)(=O)N2CCN(CCNC(=O)c3cc([N+](=O)[O-])ccc3Cl)CC2)cc1. The Bertz CT molecular complexity index is 1070. The second-order valence-electron chi connectivity index (χ2n) is 7.24. The average Bonchev–Trinajstić information content (AvgIpc) is 2.74. The molecule has 0 aliphatic carbocycles. The molecular weight excluding hydrogens is 444 g/mol. The second kappa shape index (κ2) is 9.73. The van der Waals surface area contributed by atoms with Gasteiger partial charge in [-0.15, -0.1) is 0 Å². The summed E-state index contributed by atoms with van der Waals surface area (Å²) in [6.45, 7) is 4.54. The molecule has 0 spiro atoms. The standard InChI is InChI=1S/C20H23ClN4O5S/c1-15-2-5-17(6-3-15)31(29,30)24-12-10-23(11-13-24)9-8-22-20(26)18-14-16(25(27)28)4-7-19(18)21/h2-7,14H,8-13H2,1H3,(H,22,26). The molecule has 1 saturated heterocycles. The zero-order valence-electron chi connectivity index (χ0n) is 17.0. The van der Waals surface area contributed by atoms with E-state index in [1.165, 1.54) is 16.4 Å². The Kier molecular flexibility index (Phi) is 7.26.